The van der Waals surface area contributed by atoms with Crippen molar-refractivity contribution in [3.05, 3.63) is 11.7 Å². The van der Waals surface area contributed by atoms with Gasteiger partial charge in [-0.05, 0) is 25.7 Å². The van der Waals surface area contributed by atoms with Crippen LogP contribution < -0.4 is 0 Å². The van der Waals surface area contributed by atoms with E-state index in [1.165, 1.54) is 0 Å². The molecule has 1 unspecified atom stereocenters. The van der Waals surface area contributed by atoms with Gasteiger partial charge in [0.05, 0.1) is 0 Å². The van der Waals surface area contributed by atoms with Crippen molar-refractivity contribution in [2.75, 3.05) is 26.8 Å². The Hall–Kier alpha value is -1.43. The molecule has 6 heteroatoms. The third-order valence-electron chi connectivity index (χ3n) is 4.23. The molecular weight excluding hydrogens is 258 g/mol. The first-order valence-electron chi connectivity index (χ1n) is 7.23. The smallest absolute Gasteiger partial charge is 0.248 e. The lowest BCUT2D eigenvalue weighted by Gasteiger charge is -2.38. The monoisotopic (exact) mass is 279 g/mol. The molecule has 1 saturated carbocycles. The van der Waals surface area contributed by atoms with Crippen molar-refractivity contribution in [3.8, 4) is 0 Å². The van der Waals surface area contributed by atoms with E-state index in [1.54, 1.807) is 7.11 Å². The average molecular weight is 279 g/mol. The largest absolute Gasteiger partial charge is 0.375 e. The van der Waals surface area contributed by atoms with E-state index in [1.807, 2.05) is 4.90 Å². The van der Waals surface area contributed by atoms with Gasteiger partial charge in [-0.3, -0.25) is 4.79 Å². The predicted molar refractivity (Wildman–Crippen MR) is 71.3 cm³/mol. The zero-order valence-corrected chi connectivity index (χ0v) is 12.1. The highest BCUT2D eigenvalue weighted by molar-refractivity contribution is 5.77. The van der Waals surface area contributed by atoms with Gasteiger partial charge in [0.15, 0.2) is 5.82 Å². The molecule has 1 atom stereocenters. The van der Waals surface area contributed by atoms with Crippen LogP contribution in [0.2, 0.25) is 0 Å². The van der Waals surface area contributed by atoms with E-state index >= 15 is 0 Å². The first-order chi connectivity index (χ1) is 9.62. The number of carbonyl (C=O) groups is 1. The number of hydrogen-bond acceptors (Lipinski definition) is 5. The summed E-state index contributed by atoms with van der Waals surface area (Å²) < 4.78 is 10.3. The highest BCUT2D eigenvalue weighted by atomic mass is 16.5. The summed E-state index contributed by atoms with van der Waals surface area (Å²) in [4.78, 5) is 18.4. The van der Waals surface area contributed by atoms with Crippen molar-refractivity contribution in [1.82, 2.24) is 15.0 Å². The highest BCUT2D eigenvalue weighted by Crippen LogP contribution is 2.40. The van der Waals surface area contributed by atoms with Gasteiger partial charge >= 0.3 is 0 Å². The van der Waals surface area contributed by atoms with Crippen molar-refractivity contribution in [2.24, 2.45) is 0 Å². The molecule has 2 fully saturated rings. The molecule has 1 saturated heterocycles. The minimum absolute atomic E-state index is 0.0318. The number of likely N-dealkylation sites (tertiary alicyclic amines) is 1. The number of hydrogen-bond donors (Lipinski definition) is 0. The predicted octanol–water partition coefficient (Wildman–Crippen LogP) is 1.47. The maximum Gasteiger partial charge on any atom is 0.248 e. The summed E-state index contributed by atoms with van der Waals surface area (Å²) in [6, 6.07) is 0. The molecule has 20 heavy (non-hydrogen) atoms. The van der Waals surface area contributed by atoms with Gasteiger partial charge in [0.1, 0.15) is 6.61 Å². The molecule has 3 rings (SSSR count). The molecule has 0 bridgehead atoms. The van der Waals surface area contributed by atoms with E-state index in [4.69, 9.17) is 9.26 Å². The van der Waals surface area contributed by atoms with Crippen LogP contribution in [0.1, 0.15) is 50.2 Å². The van der Waals surface area contributed by atoms with E-state index in [2.05, 4.69) is 17.1 Å². The quantitative estimate of drug-likeness (QED) is 0.835. The van der Waals surface area contributed by atoms with Gasteiger partial charge in [0, 0.05) is 31.5 Å². The van der Waals surface area contributed by atoms with Gasteiger partial charge in [-0.2, -0.15) is 4.98 Å². The zero-order chi connectivity index (χ0) is 14.2. The number of nitrogens with zero attached hydrogens (tertiary/aromatic N) is 3. The average Bonchev–Trinajstić information content (AvgIpc) is 3.16. The second-order valence-corrected chi connectivity index (χ2v) is 6.14. The van der Waals surface area contributed by atoms with E-state index in [9.17, 15) is 4.79 Å². The Morgan fingerprint density at radius 1 is 1.55 bits per heavy atom. The fourth-order valence-corrected chi connectivity index (χ4v) is 2.83. The number of rotatable bonds is 4. The molecule has 1 aliphatic carbocycles. The Morgan fingerprint density at radius 3 is 3.05 bits per heavy atom. The third kappa shape index (κ3) is 2.57. The maximum absolute atomic E-state index is 12.0. The summed E-state index contributed by atoms with van der Waals surface area (Å²) in [5, 5.41) is 4.16. The summed E-state index contributed by atoms with van der Waals surface area (Å²) in [5.41, 5.74) is -0.210. The number of carbonyl (C=O) groups excluding carboxylic acids is 1. The Morgan fingerprint density at radius 2 is 2.35 bits per heavy atom. The van der Waals surface area contributed by atoms with Crippen LogP contribution in [0.15, 0.2) is 4.52 Å². The van der Waals surface area contributed by atoms with Crippen molar-refractivity contribution in [2.45, 2.75) is 43.9 Å². The third-order valence-corrected chi connectivity index (χ3v) is 4.23. The van der Waals surface area contributed by atoms with Crippen LogP contribution in [0.4, 0.5) is 0 Å². The van der Waals surface area contributed by atoms with Gasteiger partial charge in [0.2, 0.25) is 11.8 Å². The fraction of sp³-hybridized carbons (Fsp3) is 0.786. The Bertz CT molecular complexity index is 498. The molecule has 1 aromatic heterocycles. The summed E-state index contributed by atoms with van der Waals surface area (Å²) >= 11 is 0. The summed E-state index contributed by atoms with van der Waals surface area (Å²) in [7, 11) is 1.54. The van der Waals surface area contributed by atoms with Crippen LogP contribution in [0.5, 0.6) is 0 Å². The number of ether oxygens (including phenoxy) is 1. The molecule has 1 aromatic rings. The number of methoxy groups -OCH3 is 1. The first-order valence-corrected chi connectivity index (χ1v) is 7.23. The Labute approximate surface area is 118 Å². The molecule has 0 N–H and O–H groups in total. The maximum atomic E-state index is 12.0. The topological polar surface area (TPSA) is 68.5 Å². The van der Waals surface area contributed by atoms with Gasteiger partial charge < -0.3 is 14.2 Å². The lowest BCUT2D eigenvalue weighted by Crippen LogP contribution is -2.48. The van der Waals surface area contributed by atoms with Crippen molar-refractivity contribution >= 4 is 5.91 Å². The van der Waals surface area contributed by atoms with Crippen LogP contribution in [0, 0.1) is 0 Å². The number of amides is 1. The summed E-state index contributed by atoms with van der Waals surface area (Å²) in [6.07, 6.45) is 4.24. The van der Waals surface area contributed by atoms with Crippen LogP contribution >= 0.6 is 0 Å². The van der Waals surface area contributed by atoms with Gasteiger partial charge in [-0.25, -0.2) is 0 Å². The van der Waals surface area contributed by atoms with Crippen molar-refractivity contribution in [1.29, 1.82) is 0 Å². The number of aromatic nitrogens is 2. The zero-order valence-electron chi connectivity index (χ0n) is 12.1. The SMILES string of the molecule is COCC(=O)N1CCCC(C)(c2noc(C3CC3)n2)C1. The molecule has 2 heterocycles. The second kappa shape index (κ2) is 5.16. The second-order valence-electron chi connectivity index (χ2n) is 6.14. The van der Waals surface area contributed by atoms with Gasteiger partial charge in [0.25, 0.3) is 0 Å². The standard InChI is InChI=1S/C14H21N3O3/c1-14(13-15-12(20-16-13)10-4-5-10)6-3-7-17(9-14)11(18)8-19-2/h10H,3-9H2,1-2H3. The molecule has 0 aromatic carbocycles. The minimum Gasteiger partial charge on any atom is -0.375 e. The van der Waals surface area contributed by atoms with Crippen molar-refractivity contribution < 1.29 is 14.1 Å². The van der Waals surface area contributed by atoms with Gasteiger partial charge in [-0.15, -0.1) is 0 Å². The Balaban J connectivity index is 1.73. The normalized spacial score (nSPS) is 26.8. The summed E-state index contributed by atoms with van der Waals surface area (Å²) in [6.45, 7) is 3.67. The lowest BCUT2D eigenvalue weighted by atomic mass is 9.81. The van der Waals surface area contributed by atoms with E-state index in [0.717, 1.165) is 43.9 Å². The van der Waals surface area contributed by atoms with E-state index < -0.39 is 0 Å². The fourth-order valence-electron chi connectivity index (χ4n) is 2.83. The molecular formula is C14H21N3O3. The number of piperidine rings is 1. The van der Waals surface area contributed by atoms with Crippen LogP contribution in [-0.4, -0.2) is 47.8 Å². The molecule has 0 radical (unpaired) electrons. The van der Waals surface area contributed by atoms with Crippen LogP contribution in [0.3, 0.4) is 0 Å². The Kier molecular flexibility index (Phi) is 3.50. The van der Waals surface area contributed by atoms with Crippen LogP contribution in [0.25, 0.3) is 0 Å². The van der Waals surface area contributed by atoms with Crippen molar-refractivity contribution in [3.63, 3.8) is 0 Å². The minimum atomic E-state index is -0.210. The lowest BCUT2D eigenvalue weighted by molar-refractivity contribution is -0.137. The first kappa shape index (κ1) is 13.5. The summed E-state index contributed by atoms with van der Waals surface area (Å²) in [5.74, 6) is 2.01. The van der Waals surface area contributed by atoms with E-state index in [-0.39, 0.29) is 17.9 Å². The molecule has 1 amide bonds. The van der Waals surface area contributed by atoms with Crippen LogP contribution in [-0.2, 0) is 14.9 Å². The van der Waals surface area contributed by atoms with E-state index in [0.29, 0.717) is 12.5 Å². The molecule has 2 aliphatic rings. The molecule has 1 aliphatic heterocycles. The highest BCUT2D eigenvalue weighted by Gasteiger charge is 2.40. The molecule has 0 spiro atoms. The van der Waals surface area contributed by atoms with Gasteiger partial charge in [-0.1, -0.05) is 12.1 Å². The molecule has 6 nitrogen and oxygen atoms in total. The molecule has 110 valence electrons.